The van der Waals surface area contributed by atoms with Crippen LogP contribution in [0.3, 0.4) is 0 Å². The molecule has 0 aromatic heterocycles. The van der Waals surface area contributed by atoms with Crippen molar-refractivity contribution >= 4 is 12.0 Å². The van der Waals surface area contributed by atoms with Crippen LogP contribution in [-0.2, 0) is 11.2 Å². The minimum Gasteiger partial charge on any atom is -0.508 e. The number of fused-ring (bicyclic) bond motifs is 1. The molecule has 3 nitrogen and oxygen atoms in total. The smallest absolute Gasteiger partial charge is 0.123 e. The maximum Gasteiger partial charge on any atom is 0.123 e. The maximum absolute atomic E-state index is 11.0. The molecule has 0 unspecified atom stereocenters. The van der Waals surface area contributed by atoms with Crippen LogP contribution in [0.25, 0.3) is 0 Å². The summed E-state index contributed by atoms with van der Waals surface area (Å²) in [6, 6.07) is 15.2. The highest BCUT2D eigenvalue weighted by molar-refractivity contribution is 5.56. The van der Waals surface area contributed by atoms with Gasteiger partial charge in [-0.1, -0.05) is 37.5 Å². The highest BCUT2D eigenvalue weighted by atomic mass is 16.3. The SMILES string of the molecule is O=CC1CCN(c2ccc([C@H]3c4ccc(O)cc4CC[C@H]3C3CCC3)cc2)CC1. The van der Waals surface area contributed by atoms with E-state index in [1.54, 1.807) is 0 Å². The van der Waals surface area contributed by atoms with E-state index in [4.69, 9.17) is 0 Å². The first kappa shape index (κ1) is 18.7. The Balaban J connectivity index is 1.42. The molecule has 1 heterocycles. The zero-order valence-corrected chi connectivity index (χ0v) is 17.1. The predicted octanol–water partition coefficient (Wildman–Crippen LogP) is 5.30. The average molecular weight is 390 g/mol. The summed E-state index contributed by atoms with van der Waals surface area (Å²) < 4.78 is 0. The Morgan fingerprint density at radius 3 is 2.34 bits per heavy atom. The number of hydrogen-bond donors (Lipinski definition) is 1. The van der Waals surface area contributed by atoms with Crippen LogP contribution in [0.15, 0.2) is 42.5 Å². The second-order valence-electron chi connectivity index (χ2n) is 9.31. The van der Waals surface area contributed by atoms with Crippen molar-refractivity contribution in [3.63, 3.8) is 0 Å². The normalized spacial score (nSPS) is 25.3. The molecule has 3 aliphatic rings. The largest absolute Gasteiger partial charge is 0.508 e. The first-order valence-electron chi connectivity index (χ1n) is 11.3. The monoisotopic (exact) mass is 389 g/mol. The molecule has 0 spiro atoms. The van der Waals surface area contributed by atoms with Gasteiger partial charge in [-0.3, -0.25) is 0 Å². The van der Waals surface area contributed by atoms with Gasteiger partial charge < -0.3 is 14.8 Å². The van der Waals surface area contributed by atoms with Crippen molar-refractivity contribution in [3.05, 3.63) is 59.2 Å². The minimum atomic E-state index is 0.240. The molecular formula is C26H31NO2. The van der Waals surface area contributed by atoms with E-state index in [1.807, 2.05) is 12.1 Å². The highest BCUT2D eigenvalue weighted by Gasteiger charge is 2.38. The molecule has 1 aliphatic heterocycles. The highest BCUT2D eigenvalue weighted by Crippen LogP contribution is 2.50. The molecule has 1 N–H and O–H groups in total. The van der Waals surface area contributed by atoms with Crippen molar-refractivity contribution in [2.75, 3.05) is 18.0 Å². The van der Waals surface area contributed by atoms with Crippen LogP contribution in [0, 0.1) is 17.8 Å². The fourth-order valence-electron chi connectivity index (χ4n) is 5.82. The summed E-state index contributed by atoms with van der Waals surface area (Å²) in [5.74, 6) is 2.64. The zero-order chi connectivity index (χ0) is 19.8. The second-order valence-corrected chi connectivity index (χ2v) is 9.31. The van der Waals surface area contributed by atoms with E-state index >= 15 is 0 Å². The van der Waals surface area contributed by atoms with Gasteiger partial charge in [0.05, 0.1) is 0 Å². The van der Waals surface area contributed by atoms with E-state index in [1.165, 1.54) is 48.1 Å². The maximum atomic E-state index is 11.0. The fraction of sp³-hybridized carbons (Fsp3) is 0.500. The van der Waals surface area contributed by atoms with Crippen molar-refractivity contribution in [3.8, 4) is 5.75 Å². The second kappa shape index (κ2) is 7.85. The van der Waals surface area contributed by atoms with E-state index in [9.17, 15) is 9.90 Å². The van der Waals surface area contributed by atoms with E-state index < -0.39 is 0 Å². The van der Waals surface area contributed by atoms with Gasteiger partial charge in [-0.15, -0.1) is 0 Å². The summed E-state index contributed by atoms with van der Waals surface area (Å²) in [4.78, 5) is 13.4. The predicted molar refractivity (Wildman–Crippen MR) is 117 cm³/mol. The van der Waals surface area contributed by atoms with Crippen LogP contribution in [-0.4, -0.2) is 24.5 Å². The third-order valence-corrected chi connectivity index (χ3v) is 7.74. The Hall–Kier alpha value is -2.29. The van der Waals surface area contributed by atoms with E-state index in [0.29, 0.717) is 11.7 Å². The van der Waals surface area contributed by atoms with Gasteiger partial charge in [-0.2, -0.15) is 0 Å². The molecule has 0 bridgehead atoms. The van der Waals surface area contributed by atoms with Gasteiger partial charge >= 0.3 is 0 Å². The number of rotatable bonds is 4. The lowest BCUT2D eigenvalue weighted by molar-refractivity contribution is -0.111. The van der Waals surface area contributed by atoms with E-state index in [2.05, 4.69) is 35.2 Å². The number of hydrogen-bond acceptors (Lipinski definition) is 3. The van der Waals surface area contributed by atoms with Crippen molar-refractivity contribution < 1.29 is 9.90 Å². The van der Waals surface area contributed by atoms with Crippen LogP contribution in [0.5, 0.6) is 5.75 Å². The average Bonchev–Trinajstić information content (AvgIpc) is 2.73. The molecule has 5 rings (SSSR count). The van der Waals surface area contributed by atoms with Gasteiger partial charge in [-0.05, 0) is 78.5 Å². The van der Waals surface area contributed by atoms with Crippen LogP contribution in [0.2, 0.25) is 0 Å². The lowest BCUT2D eigenvalue weighted by Gasteiger charge is -2.43. The van der Waals surface area contributed by atoms with Crippen molar-refractivity contribution in [2.24, 2.45) is 17.8 Å². The number of aryl methyl sites for hydroxylation is 1. The molecule has 0 radical (unpaired) electrons. The van der Waals surface area contributed by atoms with Crippen LogP contribution in [0.4, 0.5) is 5.69 Å². The van der Waals surface area contributed by atoms with Crippen LogP contribution >= 0.6 is 0 Å². The summed E-state index contributed by atoms with van der Waals surface area (Å²) >= 11 is 0. The number of aldehydes is 1. The van der Waals surface area contributed by atoms with Gasteiger partial charge in [0.2, 0.25) is 0 Å². The van der Waals surface area contributed by atoms with Gasteiger partial charge in [0.1, 0.15) is 12.0 Å². The Morgan fingerprint density at radius 1 is 0.931 bits per heavy atom. The summed E-state index contributed by atoms with van der Waals surface area (Å²) in [5.41, 5.74) is 5.44. The molecule has 2 aliphatic carbocycles. The number of carbonyl (C=O) groups is 1. The molecule has 152 valence electrons. The molecule has 1 saturated carbocycles. The molecule has 2 aromatic carbocycles. The zero-order valence-electron chi connectivity index (χ0n) is 17.1. The first-order chi connectivity index (χ1) is 14.2. The molecule has 1 saturated heterocycles. The van der Waals surface area contributed by atoms with Gasteiger partial charge in [0, 0.05) is 30.6 Å². The van der Waals surface area contributed by atoms with Crippen LogP contribution < -0.4 is 4.90 Å². The summed E-state index contributed by atoms with van der Waals surface area (Å²) in [6.45, 7) is 1.94. The third kappa shape index (κ3) is 3.56. The minimum absolute atomic E-state index is 0.240. The van der Waals surface area contributed by atoms with E-state index in [0.717, 1.165) is 50.5 Å². The molecule has 29 heavy (non-hydrogen) atoms. The Kier molecular flexibility index (Phi) is 5.07. The third-order valence-electron chi connectivity index (χ3n) is 7.74. The lowest BCUT2D eigenvalue weighted by atomic mass is 9.62. The van der Waals surface area contributed by atoms with Gasteiger partial charge in [0.15, 0.2) is 0 Å². The standard InChI is InChI=1S/C26H31NO2/c28-17-18-12-14-27(15-13-18)22-7-4-20(5-8-22)26-24(19-2-1-3-19)10-6-21-16-23(29)9-11-25(21)26/h4-5,7-9,11,16-19,24,26,29H,1-3,6,10,12-15H2/t24-,26+/m0/s1. The Morgan fingerprint density at radius 2 is 1.69 bits per heavy atom. The molecule has 2 atom stereocenters. The number of carbonyl (C=O) groups excluding carboxylic acids is 1. The van der Waals surface area contributed by atoms with Crippen LogP contribution in [0.1, 0.15) is 61.1 Å². The van der Waals surface area contributed by atoms with Crippen molar-refractivity contribution in [2.45, 2.75) is 50.9 Å². The number of anilines is 1. The molecule has 2 aromatic rings. The summed E-state index contributed by atoms with van der Waals surface area (Å²) in [6.07, 6.45) is 9.50. The molecule has 3 heteroatoms. The summed E-state index contributed by atoms with van der Waals surface area (Å²) in [7, 11) is 0. The van der Waals surface area contributed by atoms with Crippen molar-refractivity contribution in [1.29, 1.82) is 0 Å². The van der Waals surface area contributed by atoms with Gasteiger partial charge in [0.25, 0.3) is 0 Å². The van der Waals surface area contributed by atoms with E-state index in [-0.39, 0.29) is 5.92 Å². The molecular weight excluding hydrogens is 358 g/mol. The Bertz CT molecular complexity index is 863. The number of piperidine rings is 1. The Labute approximate surface area is 173 Å². The number of phenols is 1. The summed E-state index contributed by atoms with van der Waals surface area (Å²) in [5, 5.41) is 9.97. The lowest BCUT2D eigenvalue weighted by Crippen LogP contribution is -2.34. The topological polar surface area (TPSA) is 40.5 Å². The molecule has 0 amide bonds. The fourth-order valence-corrected chi connectivity index (χ4v) is 5.82. The number of benzene rings is 2. The number of aromatic hydroxyl groups is 1. The quantitative estimate of drug-likeness (QED) is 0.721. The number of phenolic OH excluding ortho intramolecular Hbond substituents is 1. The molecule has 2 fully saturated rings. The van der Waals surface area contributed by atoms with Crippen molar-refractivity contribution in [1.82, 2.24) is 0 Å². The number of nitrogens with zero attached hydrogens (tertiary/aromatic N) is 1. The first-order valence-corrected chi connectivity index (χ1v) is 11.3. The van der Waals surface area contributed by atoms with Gasteiger partial charge in [-0.25, -0.2) is 0 Å².